The van der Waals surface area contributed by atoms with E-state index >= 15 is 0 Å². The lowest BCUT2D eigenvalue weighted by Gasteiger charge is -2.32. The highest BCUT2D eigenvalue weighted by Crippen LogP contribution is 2.32. The van der Waals surface area contributed by atoms with Crippen LogP contribution in [0.15, 0.2) is 16.5 Å². The normalized spacial score (nSPS) is 15.4. The predicted molar refractivity (Wildman–Crippen MR) is 88.0 cm³/mol. The summed E-state index contributed by atoms with van der Waals surface area (Å²) in [6, 6.07) is 5.65. The Labute approximate surface area is 142 Å². The molecule has 1 saturated heterocycles. The van der Waals surface area contributed by atoms with Gasteiger partial charge in [0.2, 0.25) is 0 Å². The lowest BCUT2D eigenvalue weighted by molar-refractivity contribution is 0.0901. The summed E-state index contributed by atoms with van der Waals surface area (Å²) < 4.78 is 9.36. The summed E-state index contributed by atoms with van der Waals surface area (Å²) in [5.74, 6) is 0.872. The number of carbonyl (C=O) groups is 1. The number of furan rings is 1. The maximum atomic E-state index is 12.1. The van der Waals surface area contributed by atoms with Gasteiger partial charge in [0.15, 0.2) is 10.9 Å². The van der Waals surface area contributed by atoms with Crippen LogP contribution in [0, 0.1) is 18.3 Å². The number of rotatable bonds is 3. The van der Waals surface area contributed by atoms with Crippen LogP contribution < -0.4 is 10.2 Å². The zero-order valence-electron chi connectivity index (χ0n) is 12.5. The molecule has 1 N–H and O–H groups in total. The summed E-state index contributed by atoms with van der Waals surface area (Å²) in [7, 11) is 0. The van der Waals surface area contributed by atoms with Gasteiger partial charge >= 0.3 is 0 Å². The van der Waals surface area contributed by atoms with Crippen LogP contribution in [0.4, 0.5) is 5.00 Å². The molecule has 2 aromatic heterocycles. The molecule has 0 spiro atoms. The van der Waals surface area contributed by atoms with Crippen molar-refractivity contribution in [1.82, 2.24) is 9.69 Å². The maximum Gasteiger partial charge on any atom is 0.287 e. The second kappa shape index (κ2) is 6.60. The minimum absolute atomic E-state index is 0.0954. The van der Waals surface area contributed by atoms with Gasteiger partial charge in [-0.1, -0.05) is 11.6 Å². The van der Waals surface area contributed by atoms with Crippen molar-refractivity contribution in [2.45, 2.75) is 25.8 Å². The Hall–Kier alpha value is -2.04. The van der Waals surface area contributed by atoms with E-state index < -0.39 is 0 Å². The van der Waals surface area contributed by atoms with Gasteiger partial charge in [0.05, 0.1) is 0 Å². The largest absolute Gasteiger partial charge is 0.456 e. The fraction of sp³-hybridized carbons (Fsp3) is 0.400. The summed E-state index contributed by atoms with van der Waals surface area (Å²) in [6.45, 7) is 3.30. The Morgan fingerprint density at radius 1 is 1.52 bits per heavy atom. The number of nitrogens with zero attached hydrogens (tertiary/aromatic N) is 3. The quantitative estimate of drug-likeness (QED) is 0.920. The predicted octanol–water partition coefficient (Wildman–Crippen LogP) is 2.97. The van der Waals surface area contributed by atoms with Crippen molar-refractivity contribution in [2.24, 2.45) is 0 Å². The average Bonchev–Trinajstić information content (AvgIpc) is 3.14. The molecule has 23 heavy (non-hydrogen) atoms. The van der Waals surface area contributed by atoms with E-state index in [1.807, 2.05) is 6.92 Å². The Balaban J connectivity index is 1.58. The van der Waals surface area contributed by atoms with Crippen LogP contribution in [-0.4, -0.2) is 29.4 Å². The fourth-order valence-electron chi connectivity index (χ4n) is 2.61. The van der Waals surface area contributed by atoms with E-state index in [-0.39, 0.29) is 17.1 Å². The van der Waals surface area contributed by atoms with Crippen LogP contribution in [0.5, 0.6) is 0 Å². The van der Waals surface area contributed by atoms with Crippen molar-refractivity contribution >= 4 is 34.0 Å². The van der Waals surface area contributed by atoms with Gasteiger partial charge in [-0.25, -0.2) is 0 Å². The first-order valence-electron chi connectivity index (χ1n) is 7.26. The molecule has 3 heterocycles. The zero-order valence-corrected chi connectivity index (χ0v) is 14.1. The standard InChI is InChI=1S/C15H15ClN4O2S/c1-9-2-3-12(22-9)14(21)18-10-4-6-20(7-5-10)15-11(8-17)13(16)19-23-15/h2-3,10H,4-7H2,1H3,(H,18,21). The number of aryl methyl sites for hydroxylation is 1. The molecule has 0 aromatic carbocycles. The molecule has 1 aliphatic rings. The Morgan fingerprint density at radius 3 is 2.87 bits per heavy atom. The summed E-state index contributed by atoms with van der Waals surface area (Å²) in [4.78, 5) is 14.2. The highest BCUT2D eigenvalue weighted by atomic mass is 35.5. The van der Waals surface area contributed by atoms with E-state index in [9.17, 15) is 4.79 Å². The SMILES string of the molecule is Cc1ccc(C(=O)NC2CCN(c3snc(Cl)c3C#N)CC2)o1. The number of halogens is 1. The molecular formula is C15H15ClN4O2S. The number of aromatic nitrogens is 1. The second-order valence-corrected chi connectivity index (χ2v) is 6.52. The third-order valence-electron chi connectivity index (χ3n) is 3.83. The molecule has 6 nitrogen and oxygen atoms in total. The minimum atomic E-state index is -0.185. The van der Waals surface area contributed by atoms with Crippen molar-refractivity contribution in [3.05, 3.63) is 34.4 Å². The van der Waals surface area contributed by atoms with Crippen LogP contribution in [0.3, 0.4) is 0 Å². The second-order valence-electron chi connectivity index (χ2n) is 5.41. The third-order valence-corrected chi connectivity index (χ3v) is 5.11. The number of hydrogen-bond acceptors (Lipinski definition) is 6. The molecule has 0 atom stereocenters. The van der Waals surface area contributed by atoms with Crippen molar-refractivity contribution in [1.29, 1.82) is 5.26 Å². The van der Waals surface area contributed by atoms with Gasteiger partial charge in [0.25, 0.3) is 5.91 Å². The Kier molecular flexibility index (Phi) is 4.55. The molecule has 0 radical (unpaired) electrons. The average molecular weight is 351 g/mol. The third kappa shape index (κ3) is 3.33. The summed E-state index contributed by atoms with van der Waals surface area (Å²) >= 11 is 7.16. The molecule has 2 aromatic rings. The first-order valence-corrected chi connectivity index (χ1v) is 8.41. The number of hydrogen-bond donors (Lipinski definition) is 1. The molecule has 8 heteroatoms. The van der Waals surface area contributed by atoms with Crippen LogP contribution in [0.2, 0.25) is 5.15 Å². The van der Waals surface area contributed by atoms with Gasteiger partial charge in [0.1, 0.15) is 22.4 Å². The Bertz CT molecular complexity index is 756. The van der Waals surface area contributed by atoms with Crippen molar-refractivity contribution < 1.29 is 9.21 Å². The van der Waals surface area contributed by atoms with Crippen LogP contribution in [0.25, 0.3) is 0 Å². The smallest absolute Gasteiger partial charge is 0.287 e. The van der Waals surface area contributed by atoms with Gasteiger partial charge in [0, 0.05) is 19.1 Å². The topological polar surface area (TPSA) is 82.2 Å². The van der Waals surface area contributed by atoms with Gasteiger partial charge in [-0.15, -0.1) is 0 Å². The number of nitrogens with one attached hydrogen (secondary N) is 1. The lowest BCUT2D eigenvalue weighted by Crippen LogP contribution is -2.44. The molecule has 0 aliphatic carbocycles. The van der Waals surface area contributed by atoms with E-state index in [4.69, 9.17) is 21.3 Å². The summed E-state index contributed by atoms with van der Waals surface area (Å²) in [5.41, 5.74) is 0.435. The minimum Gasteiger partial charge on any atom is -0.456 e. The van der Waals surface area contributed by atoms with Crippen molar-refractivity contribution in [3.63, 3.8) is 0 Å². The van der Waals surface area contributed by atoms with E-state index in [1.165, 1.54) is 11.5 Å². The molecule has 120 valence electrons. The number of anilines is 1. The monoisotopic (exact) mass is 350 g/mol. The molecule has 3 rings (SSSR count). The molecule has 1 aliphatic heterocycles. The lowest BCUT2D eigenvalue weighted by atomic mass is 10.0. The summed E-state index contributed by atoms with van der Waals surface area (Å²) in [6.07, 6.45) is 1.59. The van der Waals surface area contributed by atoms with Gasteiger partial charge in [-0.3, -0.25) is 4.79 Å². The fourth-order valence-corrected chi connectivity index (χ4v) is 3.69. The zero-order chi connectivity index (χ0) is 16.4. The van der Waals surface area contributed by atoms with E-state index in [0.29, 0.717) is 11.3 Å². The number of piperidine rings is 1. The first kappa shape index (κ1) is 15.8. The first-order chi connectivity index (χ1) is 11.1. The molecule has 0 bridgehead atoms. The highest BCUT2D eigenvalue weighted by molar-refractivity contribution is 7.10. The number of carbonyl (C=O) groups excluding carboxylic acids is 1. The van der Waals surface area contributed by atoms with Gasteiger partial charge in [-0.05, 0) is 43.4 Å². The van der Waals surface area contributed by atoms with E-state index in [2.05, 4.69) is 20.7 Å². The van der Waals surface area contributed by atoms with E-state index in [1.54, 1.807) is 12.1 Å². The van der Waals surface area contributed by atoms with Crippen molar-refractivity contribution in [3.8, 4) is 6.07 Å². The molecule has 0 saturated carbocycles. The van der Waals surface area contributed by atoms with Crippen LogP contribution in [-0.2, 0) is 0 Å². The molecule has 0 unspecified atom stereocenters. The summed E-state index contributed by atoms with van der Waals surface area (Å²) in [5, 5.41) is 13.2. The maximum absolute atomic E-state index is 12.1. The van der Waals surface area contributed by atoms with Crippen LogP contribution in [0.1, 0.15) is 34.7 Å². The molecule has 1 fully saturated rings. The number of nitriles is 1. The van der Waals surface area contributed by atoms with Gasteiger partial charge < -0.3 is 14.6 Å². The highest BCUT2D eigenvalue weighted by Gasteiger charge is 2.25. The van der Waals surface area contributed by atoms with E-state index in [0.717, 1.165) is 36.7 Å². The van der Waals surface area contributed by atoms with Crippen molar-refractivity contribution in [2.75, 3.05) is 18.0 Å². The molecular weight excluding hydrogens is 336 g/mol. The Morgan fingerprint density at radius 2 is 2.26 bits per heavy atom. The molecule has 1 amide bonds. The van der Waals surface area contributed by atoms with Crippen LogP contribution >= 0.6 is 23.1 Å². The number of amides is 1. The van der Waals surface area contributed by atoms with Gasteiger partial charge in [-0.2, -0.15) is 9.64 Å².